The number of ether oxygens (including phenoxy) is 1. The summed E-state index contributed by atoms with van der Waals surface area (Å²) < 4.78 is 4.66. The molecule has 0 unspecified atom stereocenters. The summed E-state index contributed by atoms with van der Waals surface area (Å²) >= 11 is 0. The number of benzene rings is 1. The quantitative estimate of drug-likeness (QED) is 0.796. The summed E-state index contributed by atoms with van der Waals surface area (Å²) in [5.74, 6) is 0.0679. The van der Waals surface area contributed by atoms with Gasteiger partial charge in [-0.25, -0.2) is 0 Å². The van der Waals surface area contributed by atoms with E-state index in [-0.39, 0.29) is 17.1 Å². The van der Waals surface area contributed by atoms with Crippen molar-refractivity contribution in [3.8, 4) is 5.75 Å². The zero-order valence-electron chi connectivity index (χ0n) is 9.99. The van der Waals surface area contributed by atoms with Crippen molar-refractivity contribution in [3.63, 3.8) is 0 Å². The Morgan fingerprint density at radius 1 is 1.31 bits per heavy atom. The molecular formula is C13H18O3. The molecule has 1 rings (SSSR count). The predicted molar refractivity (Wildman–Crippen MR) is 62.2 cm³/mol. The summed E-state index contributed by atoms with van der Waals surface area (Å²) in [6, 6.07) is 7.05. The van der Waals surface area contributed by atoms with E-state index in [2.05, 4.69) is 4.74 Å². The van der Waals surface area contributed by atoms with Crippen molar-refractivity contribution in [1.29, 1.82) is 0 Å². The Hall–Kier alpha value is -1.51. The molecule has 1 N–H and O–H groups in total. The second-order valence-corrected chi connectivity index (χ2v) is 4.76. The lowest BCUT2D eigenvalue weighted by Gasteiger charge is -2.23. The van der Waals surface area contributed by atoms with E-state index in [1.807, 2.05) is 26.0 Å². The molecule has 0 heterocycles. The van der Waals surface area contributed by atoms with Gasteiger partial charge in [-0.2, -0.15) is 0 Å². The number of phenols is 1. The van der Waals surface area contributed by atoms with Crippen LogP contribution in [0.5, 0.6) is 5.75 Å². The van der Waals surface area contributed by atoms with E-state index in [0.717, 1.165) is 12.0 Å². The highest BCUT2D eigenvalue weighted by Crippen LogP contribution is 2.27. The van der Waals surface area contributed by atoms with Crippen molar-refractivity contribution in [3.05, 3.63) is 29.8 Å². The van der Waals surface area contributed by atoms with E-state index < -0.39 is 0 Å². The lowest BCUT2D eigenvalue weighted by atomic mass is 9.83. The molecule has 0 aliphatic carbocycles. The number of methoxy groups -OCH3 is 1. The average molecular weight is 222 g/mol. The van der Waals surface area contributed by atoms with Gasteiger partial charge in [0.2, 0.25) is 0 Å². The van der Waals surface area contributed by atoms with Crippen LogP contribution in [0.1, 0.15) is 25.8 Å². The fraction of sp³-hybridized carbons (Fsp3) is 0.462. The maximum absolute atomic E-state index is 11.2. The SMILES string of the molecule is COC(=O)CC(C)(C)Cc1ccc(O)cc1. The zero-order chi connectivity index (χ0) is 12.2. The highest BCUT2D eigenvalue weighted by atomic mass is 16.5. The summed E-state index contributed by atoms with van der Waals surface area (Å²) in [6.07, 6.45) is 1.17. The molecule has 0 fully saturated rings. The molecule has 3 heteroatoms. The number of hydrogen-bond acceptors (Lipinski definition) is 3. The summed E-state index contributed by atoms with van der Waals surface area (Å²) in [5.41, 5.74) is 0.969. The van der Waals surface area contributed by atoms with Crippen LogP contribution >= 0.6 is 0 Å². The van der Waals surface area contributed by atoms with E-state index >= 15 is 0 Å². The molecule has 3 nitrogen and oxygen atoms in total. The van der Waals surface area contributed by atoms with Crippen LogP contribution in [0.3, 0.4) is 0 Å². The van der Waals surface area contributed by atoms with Crippen LogP contribution in [0.2, 0.25) is 0 Å². The van der Waals surface area contributed by atoms with Gasteiger partial charge in [0, 0.05) is 0 Å². The monoisotopic (exact) mass is 222 g/mol. The third-order valence-corrected chi connectivity index (χ3v) is 2.47. The minimum absolute atomic E-state index is 0.135. The number of esters is 1. The standard InChI is InChI=1S/C13H18O3/c1-13(2,9-12(15)16-3)8-10-4-6-11(14)7-5-10/h4-7,14H,8-9H2,1-3H3. The van der Waals surface area contributed by atoms with Gasteiger partial charge in [-0.1, -0.05) is 26.0 Å². The van der Waals surface area contributed by atoms with Gasteiger partial charge in [-0.15, -0.1) is 0 Å². The Bertz CT molecular complexity index is 352. The highest BCUT2D eigenvalue weighted by Gasteiger charge is 2.22. The number of carbonyl (C=O) groups is 1. The number of hydrogen-bond donors (Lipinski definition) is 1. The molecule has 0 spiro atoms. The molecule has 0 bridgehead atoms. The molecule has 1 aromatic rings. The number of aromatic hydroxyl groups is 1. The van der Waals surface area contributed by atoms with Crippen molar-refractivity contribution in [1.82, 2.24) is 0 Å². The Kier molecular flexibility index (Phi) is 3.93. The van der Waals surface area contributed by atoms with Crippen molar-refractivity contribution >= 4 is 5.97 Å². The Morgan fingerprint density at radius 3 is 2.38 bits per heavy atom. The zero-order valence-corrected chi connectivity index (χ0v) is 9.99. The van der Waals surface area contributed by atoms with Crippen molar-refractivity contribution < 1.29 is 14.6 Å². The second-order valence-electron chi connectivity index (χ2n) is 4.76. The normalized spacial score (nSPS) is 11.2. The minimum atomic E-state index is -0.191. The van der Waals surface area contributed by atoms with Gasteiger partial charge in [0.25, 0.3) is 0 Å². The van der Waals surface area contributed by atoms with Crippen LogP contribution in [-0.4, -0.2) is 18.2 Å². The average Bonchev–Trinajstić information content (AvgIpc) is 2.20. The van der Waals surface area contributed by atoms with Crippen molar-refractivity contribution in [2.24, 2.45) is 5.41 Å². The maximum Gasteiger partial charge on any atom is 0.306 e. The number of carbonyl (C=O) groups excluding carboxylic acids is 1. The molecule has 0 amide bonds. The van der Waals surface area contributed by atoms with Crippen LogP contribution in [0, 0.1) is 5.41 Å². The summed E-state index contributed by atoms with van der Waals surface area (Å²) in [4.78, 5) is 11.2. The fourth-order valence-corrected chi connectivity index (χ4v) is 1.69. The molecule has 0 saturated heterocycles. The Morgan fingerprint density at radius 2 is 1.88 bits per heavy atom. The van der Waals surface area contributed by atoms with Gasteiger partial charge < -0.3 is 9.84 Å². The van der Waals surface area contributed by atoms with Crippen LogP contribution in [0.15, 0.2) is 24.3 Å². The van der Waals surface area contributed by atoms with E-state index in [9.17, 15) is 4.79 Å². The first-order valence-electron chi connectivity index (χ1n) is 5.28. The van der Waals surface area contributed by atoms with E-state index in [1.54, 1.807) is 12.1 Å². The first-order chi connectivity index (χ1) is 7.43. The molecule has 1 aromatic carbocycles. The first kappa shape index (κ1) is 12.6. The highest BCUT2D eigenvalue weighted by molar-refractivity contribution is 5.70. The molecule has 0 saturated carbocycles. The van der Waals surface area contributed by atoms with Crippen LogP contribution in [0.25, 0.3) is 0 Å². The largest absolute Gasteiger partial charge is 0.508 e. The van der Waals surface area contributed by atoms with Gasteiger partial charge in [0.1, 0.15) is 5.75 Å². The van der Waals surface area contributed by atoms with Crippen LogP contribution in [-0.2, 0) is 16.0 Å². The molecule has 0 radical (unpaired) electrons. The first-order valence-corrected chi connectivity index (χ1v) is 5.28. The van der Waals surface area contributed by atoms with Crippen molar-refractivity contribution in [2.45, 2.75) is 26.7 Å². The van der Waals surface area contributed by atoms with Crippen LogP contribution in [0.4, 0.5) is 0 Å². The van der Waals surface area contributed by atoms with Gasteiger partial charge >= 0.3 is 5.97 Å². The van der Waals surface area contributed by atoms with E-state index in [4.69, 9.17) is 5.11 Å². The molecular weight excluding hydrogens is 204 g/mol. The molecule has 0 aliphatic rings. The topological polar surface area (TPSA) is 46.5 Å². The van der Waals surface area contributed by atoms with Gasteiger partial charge in [-0.05, 0) is 29.5 Å². The van der Waals surface area contributed by atoms with Gasteiger partial charge in [0.15, 0.2) is 0 Å². The molecule has 0 aromatic heterocycles. The second kappa shape index (κ2) is 5.01. The Balaban J connectivity index is 2.64. The minimum Gasteiger partial charge on any atom is -0.508 e. The van der Waals surface area contributed by atoms with E-state index in [0.29, 0.717) is 6.42 Å². The van der Waals surface area contributed by atoms with Crippen molar-refractivity contribution in [2.75, 3.05) is 7.11 Å². The van der Waals surface area contributed by atoms with Gasteiger partial charge in [-0.3, -0.25) is 4.79 Å². The third-order valence-electron chi connectivity index (χ3n) is 2.47. The summed E-state index contributed by atoms with van der Waals surface area (Å²) in [7, 11) is 1.40. The number of phenolic OH excluding ortho intramolecular Hbond substituents is 1. The lowest BCUT2D eigenvalue weighted by Crippen LogP contribution is -2.20. The van der Waals surface area contributed by atoms with Crippen LogP contribution < -0.4 is 0 Å². The fourth-order valence-electron chi connectivity index (χ4n) is 1.69. The molecule has 0 atom stereocenters. The molecule has 16 heavy (non-hydrogen) atoms. The third kappa shape index (κ3) is 3.93. The lowest BCUT2D eigenvalue weighted by molar-refractivity contribution is -0.142. The molecule has 0 aliphatic heterocycles. The van der Waals surface area contributed by atoms with Gasteiger partial charge in [0.05, 0.1) is 13.5 Å². The van der Waals surface area contributed by atoms with E-state index in [1.165, 1.54) is 7.11 Å². The Labute approximate surface area is 96.1 Å². The smallest absolute Gasteiger partial charge is 0.306 e. The number of rotatable bonds is 4. The summed E-state index contributed by atoms with van der Waals surface area (Å²) in [6.45, 7) is 4.05. The maximum atomic E-state index is 11.2. The molecule has 88 valence electrons. The predicted octanol–water partition coefficient (Wildman–Crippen LogP) is 2.52. The summed E-state index contributed by atoms with van der Waals surface area (Å²) in [5, 5.41) is 9.16.